The summed E-state index contributed by atoms with van der Waals surface area (Å²) in [5.41, 5.74) is 2.24. The van der Waals surface area contributed by atoms with Crippen molar-refractivity contribution in [2.24, 2.45) is 7.05 Å². The van der Waals surface area contributed by atoms with Crippen LogP contribution >= 0.6 is 0 Å². The van der Waals surface area contributed by atoms with Gasteiger partial charge in [0.15, 0.2) is 0 Å². The number of nitrogens with one attached hydrogen (secondary N) is 1. The minimum atomic E-state index is 0.0783. The van der Waals surface area contributed by atoms with E-state index in [2.05, 4.69) is 33.8 Å². The number of carbonyl (C=O) groups is 1. The number of aryl methyl sites for hydroxylation is 1. The van der Waals surface area contributed by atoms with Gasteiger partial charge in [-0.25, -0.2) is 0 Å². The molecule has 1 aliphatic heterocycles. The van der Waals surface area contributed by atoms with Crippen molar-refractivity contribution < 1.29 is 9.53 Å². The Hall–Kier alpha value is -1.85. The highest BCUT2D eigenvalue weighted by molar-refractivity contribution is 5.89. The van der Waals surface area contributed by atoms with Gasteiger partial charge in [-0.3, -0.25) is 9.69 Å². The second-order valence-corrected chi connectivity index (χ2v) is 6.48. The number of likely N-dealkylation sites (N-methyl/N-ethyl adjacent to an activating group) is 1. The first-order valence-electron chi connectivity index (χ1n) is 8.81. The van der Waals surface area contributed by atoms with E-state index >= 15 is 0 Å². The van der Waals surface area contributed by atoms with Crippen molar-refractivity contribution in [2.75, 3.05) is 32.8 Å². The molecule has 0 bridgehead atoms. The number of carbonyl (C=O) groups excluding carboxylic acids is 1. The number of para-hydroxylation sites is 1. The standard InChI is InChI=1S/C19H27N3O2/c1-3-22-10-11-24-16(14-22)8-9-20-19(23)12-15-13-21(2)18-7-5-4-6-17(15)18/h4-7,13,16H,3,8-12,14H2,1-2H3,(H,20,23). The molecule has 0 radical (unpaired) electrons. The van der Waals surface area contributed by atoms with Crippen molar-refractivity contribution >= 4 is 16.8 Å². The van der Waals surface area contributed by atoms with E-state index in [0.29, 0.717) is 13.0 Å². The molecular formula is C19H27N3O2. The zero-order chi connectivity index (χ0) is 16.9. The molecule has 1 aromatic heterocycles. The molecule has 1 amide bonds. The second kappa shape index (κ2) is 7.81. The molecule has 1 atom stereocenters. The molecule has 2 aromatic rings. The Morgan fingerprint density at radius 1 is 1.38 bits per heavy atom. The molecular weight excluding hydrogens is 302 g/mol. The second-order valence-electron chi connectivity index (χ2n) is 6.48. The summed E-state index contributed by atoms with van der Waals surface area (Å²) in [7, 11) is 2.02. The molecule has 130 valence electrons. The zero-order valence-corrected chi connectivity index (χ0v) is 14.6. The maximum absolute atomic E-state index is 12.3. The summed E-state index contributed by atoms with van der Waals surface area (Å²) >= 11 is 0. The van der Waals surface area contributed by atoms with E-state index in [9.17, 15) is 4.79 Å². The highest BCUT2D eigenvalue weighted by Gasteiger charge is 2.19. The van der Waals surface area contributed by atoms with Crippen LogP contribution in [0.25, 0.3) is 10.9 Å². The fraction of sp³-hybridized carbons (Fsp3) is 0.526. The van der Waals surface area contributed by atoms with Crippen LogP contribution in [0.1, 0.15) is 18.9 Å². The van der Waals surface area contributed by atoms with Gasteiger partial charge >= 0.3 is 0 Å². The Morgan fingerprint density at radius 3 is 3.04 bits per heavy atom. The molecule has 1 aromatic carbocycles. The van der Waals surface area contributed by atoms with Crippen LogP contribution in [0, 0.1) is 0 Å². The van der Waals surface area contributed by atoms with Crippen LogP contribution in [-0.4, -0.2) is 54.3 Å². The SMILES string of the molecule is CCN1CCOC(CCNC(=O)Cc2cn(C)c3ccccc23)C1. The summed E-state index contributed by atoms with van der Waals surface area (Å²) in [4.78, 5) is 14.7. The van der Waals surface area contributed by atoms with Crippen molar-refractivity contribution in [2.45, 2.75) is 25.9 Å². The predicted octanol–water partition coefficient (Wildman–Crippen LogP) is 1.95. The molecule has 3 rings (SSSR count). The summed E-state index contributed by atoms with van der Waals surface area (Å²) in [5, 5.41) is 4.20. The Labute approximate surface area is 143 Å². The molecule has 1 fully saturated rings. The number of rotatable bonds is 6. The third kappa shape index (κ3) is 3.97. The number of hydrogen-bond donors (Lipinski definition) is 1. The van der Waals surface area contributed by atoms with Crippen molar-refractivity contribution in [3.05, 3.63) is 36.0 Å². The number of morpholine rings is 1. The Bertz CT molecular complexity index is 695. The quantitative estimate of drug-likeness (QED) is 0.881. The molecule has 0 spiro atoms. The van der Waals surface area contributed by atoms with E-state index in [1.54, 1.807) is 0 Å². The van der Waals surface area contributed by atoms with E-state index in [0.717, 1.165) is 49.1 Å². The molecule has 1 unspecified atom stereocenters. The van der Waals surface area contributed by atoms with Crippen LogP contribution in [0.4, 0.5) is 0 Å². The Morgan fingerprint density at radius 2 is 2.21 bits per heavy atom. The molecule has 1 aliphatic rings. The number of amides is 1. The lowest BCUT2D eigenvalue weighted by atomic mass is 10.1. The third-order valence-corrected chi connectivity index (χ3v) is 4.79. The van der Waals surface area contributed by atoms with Gasteiger partial charge in [-0.2, -0.15) is 0 Å². The smallest absolute Gasteiger partial charge is 0.224 e. The number of aromatic nitrogens is 1. The van der Waals surface area contributed by atoms with E-state index in [-0.39, 0.29) is 12.0 Å². The molecule has 2 heterocycles. The average molecular weight is 329 g/mol. The molecule has 5 nitrogen and oxygen atoms in total. The summed E-state index contributed by atoms with van der Waals surface area (Å²) in [6.45, 7) is 6.69. The number of hydrogen-bond acceptors (Lipinski definition) is 3. The van der Waals surface area contributed by atoms with Crippen LogP contribution in [0.5, 0.6) is 0 Å². The van der Waals surface area contributed by atoms with E-state index in [1.807, 2.05) is 25.4 Å². The minimum absolute atomic E-state index is 0.0783. The molecule has 1 saturated heterocycles. The van der Waals surface area contributed by atoms with E-state index < -0.39 is 0 Å². The van der Waals surface area contributed by atoms with Crippen molar-refractivity contribution in [3.8, 4) is 0 Å². The average Bonchev–Trinajstić information content (AvgIpc) is 2.91. The van der Waals surface area contributed by atoms with Crippen LogP contribution in [-0.2, 0) is 23.0 Å². The van der Waals surface area contributed by atoms with Gasteiger partial charge in [0.05, 0.1) is 19.1 Å². The first-order valence-corrected chi connectivity index (χ1v) is 8.81. The third-order valence-electron chi connectivity index (χ3n) is 4.79. The number of nitrogens with zero attached hydrogens (tertiary/aromatic N) is 2. The largest absolute Gasteiger partial charge is 0.375 e. The van der Waals surface area contributed by atoms with Gasteiger partial charge in [-0.1, -0.05) is 25.1 Å². The van der Waals surface area contributed by atoms with Gasteiger partial charge in [0.25, 0.3) is 0 Å². The normalized spacial score (nSPS) is 18.8. The van der Waals surface area contributed by atoms with Gasteiger partial charge < -0.3 is 14.6 Å². The number of ether oxygens (including phenoxy) is 1. The Kier molecular flexibility index (Phi) is 5.53. The van der Waals surface area contributed by atoms with Crippen LogP contribution in [0.2, 0.25) is 0 Å². The van der Waals surface area contributed by atoms with Gasteiger partial charge in [-0.05, 0) is 24.6 Å². The van der Waals surface area contributed by atoms with Crippen LogP contribution < -0.4 is 5.32 Å². The molecule has 0 aliphatic carbocycles. The van der Waals surface area contributed by atoms with Crippen molar-refractivity contribution in [3.63, 3.8) is 0 Å². The number of benzene rings is 1. The van der Waals surface area contributed by atoms with E-state index in [1.165, 1.54) is 0 Å². The highest BCUT2D eigenvalue weighted by Crippen LogP contribution is 2.20. The van der Waals surface area contributed by atoms with Crippen molar-refractivity contribution in [1.29, 1.82) is 0 Å². The maximum Gasteiger partial charge on any atom is 0.224 e. The molecule has 5 heteroatoms. The Balaban J connectivity index is 1.49. The maximum atomic E-state index is 12.3. The van der Waals surface area contributed by atoms with Gasteiger partial charge in [0.1, 0.15) is 0 Å². The summed E-state index contributed by atoms with van der Waals surface area (Å²) < 4.78 is 7.85. The lowest BCUT2D eigenvalue weighted by Gasteiger charge is -2.32. The molecule has 1 N–H and O–H groups in total. The zero-order valence-electron chi connectivity index (χ0n) is 14.6. The fourth-order valence-electron chi connectivity index (χ4n) is 3.42. The fourth-order valence-corrected chi connectivity index (χ4v) is 3.42. The van der Waals surface area contributed by atoms with Gasteiger partial charge in [0.2, 0.25) is 5.91 Å². The van der Waals surface area contributed by atoms with Crippen LogP contribution in [0.15, 0.2) is 30.5 Å². The monoisotopic (exact) mass is 329 g/mol. The topological polar surface area (TPSA) is 46.5 Å². The van der Waals surface area contributed by atoms with E-state index in [4.69, 9.17) is 4.74 Å². The summed E-state index contributed by atoms with van der Waals surface area (Å²) in [6, 6.07) is 8.20. The highest BCUT2D eigenvalue weighted by atomic mass is 16.5. The van der Waals surface area contributed by atoms with Gasteiger partial charge in [-0.15, -0.1) is 0 Å². The van der Waals surface area contributed by atoms with Gasteiger partial charge in [0, 0.05) is 43.8 Å². The summed E-state index contributed by atoms with van der Waals surface area (Å²) in [5.74, 6) is 0.0783. The summed E-state index contributed by atoms with van der Waals surface area (Å²) in [6.07, 6.45) is 3.58. The minimum Gasteiger partial charge on any atom is -0.375 e. The molecule has 0 saturated carbocycles. The predicted molar refractivity (Wildman–Crippen MR) is 96.1 cm³/mol. The van der Waals surface area contributed by atoms with Crippen molar-refractivity contribution in [1.82, 2.24) is 14.8 Å². The first kappa shape index (κ1) is 17.0. The molecule has 24 heavy (non-hydrogen) atoms. The lowest BCUT2D eigenvalue weighted by Crippen LogP contribution is -2.43. The lowest BCUT2D eigenvalue weighted by molar-refractivity contribution is -0.120. The van der Waals surface area contributed by atoms with Crippen LogP contribution in [0.3, 0.4) is 0 Å². The number of fused-ring (bicyclic) bond motifs is 1. The first-order chi connectivity index (χ1) is 11.7.